The average Bonchev–Trinajstić information content (AvgIpc) is 3.11. The van der Waals surface area contributed by atoms with Crippen LogP contribution >= 0.6 is 24.0 Å². The molecule has 27 heavy (non-hydrogen) atoms. The molecule has 0 radical (unpaired) electrons. The van der Waals surface area contributed by atoms with E-state index in [0.29, 0.717) is 12.4 Å². The van der Waals surface area contributed by atoms with Crippen LogP contribution in [-0.4, -0.2) is 61.2 Å². The lowest BCUT2D eigenvalue weighted by atomic mass is 10.2. The minimum Gasteiger partial charge on any atom is -0.472 e. The van der Waals surface area contributed by atoms with Crippen molar-refractivity contribution in [3.63, 3.8) is 0 Å². The summed E-state index contributed by atoms with van der Waals surface area (Å²) in [6.45, 7) is 2.38. The Morgan fingerprint density at radius 1 is 1.26 bits per heavy atom. The quantitative estimate of drug-likeness (QED) is 0.401. The van der Waals surface area contributed by atoms with Gasteiger partial charge in [0, 0.05) is 64.7 Å². The lowest BCUT2D eigenvalue weighted by molar-refractivity contribution is 0.205. The van der Waals surface area contributed by atoms with E-state index in [1.54, 1.807) is 6.20 Å². The fourth-order valence-corrected chi connectivity index (χ4v) is 3.08. The van der Waals surface area contributed by atoms with Crippen LogP contribution in [0.4, 0.5) is 5.82 Å². The van der Waals surface area contributed by atoms with Crippen LogP contribution in [0.5, 0.6) is 5.88 Å². The Balaban J connectivity index is 0.00000261. The minimum atomic E-state index is 0. The van der Waals surface area contributed by atoms with E-state index in [1.807, 2.05) is 56.5 Å². The number of likely N-dealkylation sites (tertiary alicyclic amines) is 1. The molecule has 0 amide bonds. The number of hydrogen-bond acceptors (Lipinski definition) is 5. The van der Waals surface area contributed by atoms with E-state index in [9.17, 15) is 0 Å². The largest absolute Gasteiger partial charge is 0.472 e. The highest BCUT2D eigenvalue weighted by Gasteiger charge is 2.26. The van der Waals surface area contributed by atoms with Crippen molar-refractivity contribution >= 4 is 35.8 Å². The summed E-state index contributed by atoms with van der Waals surface area (Å²) in [6, 6.07) is 9.76. The first kappa shape index (κ1) is 21.2. The second-order valence-electron chi connectivity index (χ2n) is 6.42. The highest BCUT2D eigenvalue weighted by molar-refractivity contribution is 14.0. The lowest BCUT2D eigenvalue weighted by Crippen LogP contribution is -2.40. The van der Waals surface area contributed by atoms with Crippen molar-refractivity contribution in [2.24, 2.45) is 4.99 Å². The van der Waals surface area contributed by atoms with Gasteiger partial charge in [0.05, 0.1) is 6.54 Å². The molecule has 0 bridgehead atoms. The Morgan fingerprint density at radius 3 is 2.78 bits per heavy atom. The molecule has 0 spiro atoms. The van der Waals surface area contributed by atoms with Crippen LogP contribution in [0.25, 0.3) is 0 Å². The second-order valence-corrected chi connectivity index (χ2v) is 6.42. The van der Waals surface area contributed by atoms with E-state index in [0.717, 1.165) is 36.9 Å². The van der Waals surface area contributed by atoms with Gasteiger partial charge in [0.25, 0.3) is 0 Å². The zero-order chi connectivity index (χ0) is 18.4. The summed E-state index contributed by atoms with van der Waals surface area (Å²) in [7, 11) is 5.81. The molecule has 3 rings (SSSR count). The number of hydrogen-bond donors (Lipinski definition) is 1. The predicted molar refractivity (Wildman–Crippen MR) is 119 cm³/mol. The van der Waals surface area contributed by atoms with Gasteiger partial charge in [0.1, 0.15) is 11.9 Å². The third kappa shape index (κ3) is 5.69. The Morgan fingerprint density at radius 2 is 2.07 bits per heavy atom. The fraction of sp³-hybridized carbons (Fsp3) is 0.421. The number of guanidine groups is 1. The molecule has 2 aromatic heterocycles. The number of aromatic nitrogens is 2. The van der Waals surface area contributed by atoms with Crippen LogP contribution in [0.15, 0.2) is 47.7 Å². The first-order chi connectivity index (χ1) is 12.7. The zero-order valence-corrected chi connectivity index (χ0v) is 18.3. The monoisotopic (exact) mass is 482 g/mol. The van der Waals surface area contributed by atoms with Gasteiger partial charge in [0.2, 0.25) is 5.88 Å². The van der Waals surface area contributed by atoms with Crippen LogP contribution in [-0.2, 0) is 6.54 Å². The summed E-state index contributed by atoms with van der Waals surface area (Å²) in [6.07, 6.45) is 4.64. The van der Waals surface area contributed by atoms with Crippen molar-refractivity contribution in [1.29, 1.82) is 0 Å². The number of halogens is 1. The maximum Gasteiger partial charge on any atom is 0.213 e. The van der Waals surface area contributed by atoms with Crippen LogP contribution in [0.2, 0.25) is 0 Å². The van der Waals surface area contributed by atoms with E-state index >= 15 is 0 Å². The maximum absolute atomic E-state index is 5.96. The van der Waals surface area contributed by atoms with E-state index in [-0.39, 0.29) is 30.1 Å². The van der Waals surface area contributed by atoms with Gasteiger partial charge in [-0.15, -0.1) is 24.0 Å². The molecule has 2 aromatic rings. The van der Waals surface area contributed by atoms with Crippen molar-refractivity contribution < 1.29 is 4.74 Å². The van der Waals surface area contributed by atoms with Crippen LogP contribution in [0.1, 0.15) is 12.0 Å². The number of pyridine rings is 2. The predicted octanol–water partition coefficient (Wildman–Crippen LogP) is 2.39. The Labute approximate surface area is 177 Å². The molecule has 1 aliphatic rings. The van der Waals surface area contributed by atoms with Gasteiger partial charge in [-0.3, -0.25) is 4.99 Å². The standard InChI is InChI=1S/C19H26N6O.HI/c1-20-19(23-13-15-7-6-11-22-18(15)24(2)3)25-12-9-16(14-25)26-17-8-4-5-10-21-17;/h4-8,10-11,16H,9,12-14H2,1-3H3,(H,20,23);1H. The highest BCUT2D eigenvalue weighted by atomic mass is 127. The van der Waals surface area contributed by atoms with E-state index in [2.05, 4.69) is 31.2 Å². The summed E-state index contributed by atoms with van der Waals surface area (Å²) in [5, 5.41) is 3.45. The average molecular weight is 482 g/mol. The van der Waals surface area contributed by atoms with Gasteiger partial charge in [-0.05, 0) is 12.1 Å². The van der Waals surface area contributed by atoms with Crippen molar-refractivity contribution in [2.45, 2.75) is 19.1 Å². The summed E-state index contributed by atoms with van der Waals surface area (Å²) >= 11 is 0. The van der Waals surface area contributed by atoms with Gasteiger partial charge in [0.15, 0.2) is 5.96 Å². The van der Waals surface area contributed by atoms with Crippen molar-refractivity contribution in [1.82, 2.24) is 20.2 Å². The van der Waals surface area contributed by atoms with Gasteiger partial charge in [-0.25, -0.2) is 9.97 Å². The third-order valence-corrected chi connectivity index (χ3v) is 4.31. The molecule has 1 atom stereocenters. The van der Waals surface area contributed by atoms with E-state index in [4.69, 9.17) is 4.74 Å². The first-order valence-electron chi connectivity index (χ1n) is 8.82. The summed E-state index contributed by atoms with van der Waals surface area (Å²) < 4.78 is 5.96. The molecule has 146 valence electrons. The molecule has 0 aliphatic carbocycles. The molecular weight excluding hydrogens is 455 g/mol. The smallest absolute Gasteiger partial charge is 0.213 e. The molecule has 0 saturated carbocycles. The molecule has 1 unspecified atom stereocenters. The summed E-state index contributed by atoms with van der Waals surface area (Å²) in [5.74, 6) is 2.52. The van der Waals surface area contributed by atoms with Gasteiger partial charge < -0.3 is 19.9 Å². The molecule has 8 heteroatoms. The van der Waals surface area contributed by atoms with Gasteiger partial charge >= 0.3 is 0 Å². The fourth-order valence-electron chi connectivity index (χ4n) is 3.08. The molecule has 0 aromatic carbocycles. The number of aliphatic imine (C=N–C) groups is 1. The summed E-state index contributed by atoms with van der Waals surface area (Å²) in [5.41, 5.74) is 1.14. The normalized spacial score (nSPS) is 16.6. The molecule has 1 saturated heterocycles. The molecule has 3 heterocycles. The maximum atomic E-state index is 5.96. The number of nitrogens with one attached hydrogen (secondary N) is 1. The molecule has 7 nitrogen and oxygen atoms in total. The topological polar surface area (TPSA) is 65.9 Å². The van der Waals surface area contributed by atoms with Crippen molar-refractivity contribution in [3.8, 4) is 5.88 Å². The highest BCUT2D eigenvalue weighted by Crippen LogP contribution is 2.17. The Bertz CT molecular complexity index is 740. The minimum absolute atomic E-state index is 0. The number of ether oxygens (including phenoxy) is 1. The summed E-state index contributed by atoms with van der Waals surface area (Å²) in [4.78, 5) is 17.3. The van der Waals surface area contributed by atoms with Crippen LogP contribution in [0.3, 0.4) is 0 Å². The Hall–Kier alpha value is -2.10. The number of rotatable bonds is 5. The van der Waals surface area contributed by atoms with Crippen LogP contribution < -0.4 is 15.0 Å². The van der Waals surface area contributed by atoms with Gasteiger partial charge in [-0.1, -0.05) is 12.1 Å². The van der Waals surface area contributed by atoms with E-state index < -0.39 is 0 Å². The SMILES string of the molecule is CN=C(NCc1cccnc1N(C)C)N1CCC(Oc2ccccn2)C1.I. The van der Waals surface area contributed by atoms with Crippen LogP contribution in [0, 0.1) is 0 Å². The third-order valence-electron chi connectivity index (χ3n) is 4.31. The molecule has 1 fully saturated rings. The van der Waals surface area contributed by atoms with Gasteiger partial charge in [-0.2, -0.15) is 0 Å². The zero-order valence-electron chi connectivity index (χ0n) is 16.0. The van der Waals surface area contributed by atoms with Crippen molar-refractivity contribution in [3.05, 3.63) is 48.3 Å². The molecule has 1 aliphatic heterocycles. The van der Waals surface area contributed by atoms with Crippen molar-refractivity contribution in [2.75, 3.05) is 39.1 Å². The lowest BCUT2D eigenvalue weighted by Gasteiger charge is -2.23. The first-order valence-corrected chi connectivity index (χ1v) is 8.82. The Kier molecular flexibility index (Phi) is 8.08. The number of anilines is 1. The second kappa shape index (κ2) is 10.3. The number of nitrogens with zero attached hydrogens (tertiary/aromatic N) is 5. The van der Waals surface area contributed by atoms with E-state index in [1.165, 1.54) is 0 Å². The molecular formula is C19H27IN6O. The molecule has 1 N–H and O–H groups in total.